The highest BCUT2D eigenvalue weighted by Crippen LogP contribution is 2.44. The molecule has 1 aliphatic rings. The summed E-state index contributed by atoms with van der Waals surface area (Å²) in [5, 5.41) is 21.4. The normalized spacial score (nSPS) is 15.7. The molecule has 1 aliphatic heterocycles. The maximum Gasteiger partial charge on any atom is 0.388 e. The van der Waals surface area contributed by atoms with Gasteiger partial charge in [-0.15, -0.1) is 0 Å². The fourth-order valence-corrected chi connectivity index (χ4v) is 4.44. The minimum Gasteiger partial charge on any atom is -0.496 e. The first-order chi connectivity index (χ1) is 15.1. The van der Waals surface area contributed by atoms with E-state index in [1.807, 2.05) is 12.2 Å². The number of benzene rings is 1. The van der Waals surface area contributed by atoms with Crippen molar-refractivity contribution in [1.29, 1.82) is 0 Å². The predicted molar refractivity (Wildman–Crippen MR) is 117 cm³/mol. The van der Waals surface area contributed by atoms with Gasteiger partial charge in [-0.3, -0.25) is 0 Å². The molecule has 0 bridgehead atoms. The molecule has 2 N–H and O–H groups in total. The van der Waals surface area contributed by atoms with Crippen LogP contribution in [0.15, 0.2) is 52.4 Å². The highest BCUT2D eigenvalue weighted by atomic mass is 32.2. The Morgan fingerprint density at radius 2 is 1.88 bits per heavy atom. The third-order valence-electron chi connectivity index (χ3n) is 4.82. The van der Waals surface area contributed by atoms with Crippen molar-refractivity contribution in [2.45, 2.75) is 45.0 Å². The van der Waals surface area contributed by atoms with Gasteiger partial charge >= 0.3 is 6.61 Å². The number of thioether (sulfide) groups is 1. The van der Waals surface area contributed by atoms with Crippen molar-refractivity contribution >= 4 is 11.8 Å². The zero-order chi connectivity index (χ0) is 23.5. The first kappa shape index (κ1) is 24.2. The van der Waals surface area contributed by atoms with E-state index in [1.54, 1.807) is 13.8 Å². The van der Waals surface area contributed by atoms with Gasteiger partial charge < -0.3 is 19.7 Å². The second kappa shape index (κ2) is 9.97. The Balaban J connectivity index is 2.03. The van der Waals surface area contributed by atoms with E-state index in [2.05, 4.69) is 9.72 Å². The van der Waals surface area contributed by atoms with Crippen LogP contribution in [0.5, 0.6) is 11.6 Å². The Morgan fingerprint density at radius 3 is 2.53 bits per heavy atom. The molecule has 32 heavy (non-hydrogen) atoms. The average molecular weight is 468 g/mol. The Labute approximate surface area is 188 Å². The number of aliphatic hydroxyl groups is 2. The average Bonchev–Trinajstić information content (AvgIpc) is 2.99. The second-order valence-corrected chi connectivity index (χ2v) is 8.74. The smallest absolute Gasteiger partial charge is 0.388 e. The molecule has 2 aromatic rings. The highest BCUT2D eigenvalue weighted by molar-refractivity contribution is 8.06. The molecule has 0 radical (unpaired) electrons. The molecule has 172 valence electrons. The van der Waals surface area contributed by atoms with Crippen molar-refractivity contribution in [1.82, 2.24) is 4.98 Å². The van der Waals surface area contributed by atoms with E-state index in [0.717, 1.165) is 0 Å². The number of aromatic nitrogens is 1. The molecule has 2 heterocycles. The minimum atomic E-state index is -3.07. The number of hydrogen-bond acceptors (Lipinski definition) is 6. The lowest BCUT2D eigenvalue weighted by Gasteiger charge is -2.24. The van der Waals surface area contributed by atoms with Crippen molar-refractivity contribution in [3.8, 4) is 22.8 Å². The molecule has 0 saturated carbocycles. The van der Waals surface area contributed by atoms with Crippen molar-refractivity contribution in [3.05, 3.63) is 63.8 Å². The van der Waals surface area contributed by atoms with Crippen LogP contribution in [-0.2, 0) is 0 Å². The zero-order valence-corrected chi connectivity index (χ0v) is 18.6. The van der Waals surface area contributed by atoms with E-state index in [-0.39, 0.29) is 28.3 Å². The van der Waals surface area contributed by atoms with Crippen LogP contribution in [0.25, 0.3) is 11.1 Å². The molecule has 5 nitrogen and oxygen atoms in total. The molecule has 0 amide bonds. The number of aliphatic hydroxyl groups excluding tert-OH is 1. The summed E-state index contributed by atoms with van der Waals surface area (Å²) in [4.78, 5) is 4.86. The van der Waals surface area contributed by atoms with Gasteiger partial charge in [0.1, 0.15) is 17.7 Å². The number of nitrogens with zero attached hydrogens (tertiary/aromatic N) is 1. The molecule has 1 atom stereocenters. The number of halogens is 3. The SMILES string of the molecule is COc1ccc([C@@H](O)C2=CCCC=C(C(C)(C)O)S2)c(F)c1-c1ccnc(OC(F)F)c1. The molecule has 0 unspecified atom stereocenters. The van der Waals surface area contributed by atoms with E-state index in [4.69, 9.17) is 4.74 Å². The quantitative estimate of drug-likeness (QED) is 0.553. The van der Waals surface area contributed by atoms with Crippen LogP contribution in [-0.4, -0.2) is 34.5 Å². The van der Waals surface area contributed by atoms with Gasteiger partial charge in [-0.05, 0) is 50.5 Å². The topological polar surface area (TPSA) is 71.8 Å². The third-order valence-corrected chi connectivity index (χ3v) is 6.34. The van der Waals surface area contributed by atoms with Crippen molar-refractivity contribution in [2.75, 3.05) is 7.11 Å². The van der Waals surface area contributed by atoms with Crippen LogP contribution in [0.1, 0.15) is 38.4 Å². The monoisotopic (exact) mass is 467 g/mol. The summed E-state index contributed by atoms with van der Waals surface area (Å²) in [6, 6.07) is 5.53. The lowest BCUT2D eigenvalue weighted by atomic mass is 9.98. The largest absolute Gasteiger partial charge is 0.496 e. The molecule has 0 aliphatic carbocycles. The molecule has 0 saturated heterocycles. The van der Waals surface area contributed by atoms with Gasteiger partial charge in [-0.2, -0.15) is 8.78 Å². The van der Waals surface area contributed by atoms with Gasteiger partial charge in [0.2, 0.25) is 5.88 Å². The van der Waals surface area contributed by atoms with E-state index >= 15 is 4.39 Å². The maximum absolute atomic E-state index is 15.7. The minimum absolute atomic E-state index is 0.00955. The second-order valence-electron chi connectivity index (χ2n) is 7.62. The highest BCUT2D eigenvalue weighted by Gasteiger charge is 2.28. The van der Waals surface area contributed by atoms with Crippen LogP contribution < -0.4 is 9.47 Å². The lowest BCUT2D eigenvalue weighted by molar-refractivity contribution is -0.0528. The molecule has 1 aromatic heterocycles. The van der Waals surface area contributed by atoms with Gasteiger partial charge in [0, 0.05) is 27.6 Å². The van der Waals surface area contributed by atoms with Crippen LogP contribution in [0, 0.1) is 5.82 Å². The number of methoxy groups -OCH3 is 1. The van der Waals surface area contributed by atoms with Crippen molar-refractivity contribution in [3.63, 3.8) is 0 Å². The fraction of sp³-hybridized carbons (Fsp3) is 0.348. The Bertz CT molecular complexity index is 1030. The maximum atomic E-state index is 15.7. The van der Waals surface area contributed by atoms with Gasteiger partial charge in [-0.25, -0.2) is 9.37 Å². The summed E-state index contributed by atoms with van der Waals surface area (Å²) in [6.07, 6.45) is 4.95. The first-order valence-corrected chi connectivity index (χ1v) is 10.7. The first-order valence-electron chi connectivity index (χ1n) is 9.88. The van der Waals surface area contributed by atoms with E-state index in [0.29, 0.717) is 22.7 Å². The molecule has 3 rings (SSSR count). The van der Waals surface area contributed by atoms with Gasteiger partial charge in [0.05, 0.1) is 18.3 Å². The summed E-state index contributed by atoms with van der Waals surface area (Å²) in [5.41, 5.74) is -0.915. The summed E-state index contributed by atoms with van der Waals surface area (Å²) < 4.78 is 50.4. The van der Waals surface area contributed by atoms with Crippen molar-refractivity contribution in [2.24, 2.45) is 0 Å². The van der Waals surface area contributed by atoms with Crippen LogP contribution in [0.2, 0.25) is 0 Å². The molecule has 0 spiro atoms. The van der Waals surface area contributed by atoms with Gasteiger partial charge in [-0.1, -0.05) is 23.9 Å². The number of pyridine rings is 1. The van der Waals surface area contributed by atoms with E-state index in [9.17, 15) is 19.0 Å². The Morgan fingerprint density at radius 1 is 1.16 bits per heavy atom. The fourth-order valence-electron chi connectivity index (χ4n) is 3.29. The van der Waals surface area contributed by atoms with Crippen LogP contribution in [0.3, 0.4) is 0 Å². The van der Waals surface area contributed by atoms with E-state index < -0.39 is 24.1 Å². The number of ether oxygens (including phenoxy) is 2. The third kappa shape index (κ3) is 5.46. The van der Waals surface area contributed by atoms with Crippen LogP contribution >= 0.6 is 11.8 Å². The molecule has 0 fully saturated rings. The Kier molecular flexibility index (Phi) is 7.53. The summed E-state index contributed by atoms with van der Waals surface area (Å²) in [7, 11) is 1.36. The summed E-state index contributed by atoms with van der Waals surface area (Å²) >= 11 is 1.20. The molecule has 9 heteroatoms. The standard InChI is InChI=1S/C23H24F3NO4S/c1-23(2,29)17-7-5-4-6-16(32-17)21(28)14-8-9-15(30-3)19(20(14)24)13-10-11-27-18(12-13)31-22(25)26/h6-12,21-22,28-29H,4-5H2,1-3H3/t21-/m1/s1. The number of allylic oxidation sites excluding steroid dienone is 2. The molecular formula is C23H24F3NO4S. The molecule has 1 aromatic carbocycles. The van der Waals surface area contributed by atoms with E-state index in [1.165, 1.54) is 49.3 Å². The van der Waals surface area contributed by atoms with Crippen molar-refractivity contribution < 1.29 is 32.9 Å². The zero-order valence-electron chi connectivity index (χ0n) is 17.8. The summed E-state index contributed by atoms with van der Waals surface area (Å²) in [5.74, 6) is -0.968. The number of alkyl halides is 2. The number of rotatable bonds is 7. The van der Waals surface area contributed by atoms with Gasteiger partial charge in [0.15, 0.2) is 0 Å². The predicted octanol–water partition coefficient (Wildman–Crippen LogP) is 5.60. The summed E-state index contributed by atoms with van der Waals surface area (Å²) in [6.45, 7) is 0.223. The van der Waals surface area contributed by atoms with Crippen LogP contribution in [0.4, 0.5) is 13.2 Å². The number of hydrogen-bond donors (Lipinski definition) is 2. The van der Waals surface area contributed by atoms with Gasteiger partial charge in [0.25, 0.3) is 0 Å². The molecular weight excluding hydrogens is 443 g/mol. The lowest BCUT2D eigenvalue weighted by Crippen LogP contribution is -2.20. The Hall–Kier alpha value is -2.49.